The van der Waals surface area contributed by atoms with Gasteiger partial charge in [0.25, 0.3) is 0 Å². The molecule has 0 spiro atoms. The average Bonchev–Trinajstić information content (AvgIpc) is 2.37. The van der Waals surface area contributed by atoms with Gasteiger partial charge in [-0.15, -0.1) is 11.6 Å². The third-order valence-electron chi connectivity index (χ3n) is 2.96. The molecule has 0 saturated carbocycles. The van der Waals surface area contributed by atoms with Crippen LogP contribution in [0.15, 0.2) is 18.2 Å². The quantitative estimate of drug-likeness (QED) is 0.835. The largest absolute Gasteiger partial charge is 0.496 e. The van der Waals surface area contributed by atoms with Crippen molar-refractivity contribution in [2.75, 3.05) is 13.0 Å². The number of halogens is 1. The highest BCUT2D eigenvalue weighted by Crippen LogP contribution is 2.27. The number of carbonyl (C=O) groups excluding carboxylic acids is 1. The van der Waals surface area contributed by atoms with Crippen molar-refractivity contribution in [1.29, 1.82) is 0 Å². The lowest BCUT2D eigenvalue weighted by Gasteiger charge is -2.27. The molecular weight excluding hydrogens is 250 g/mol. The Morgan fingerprint density at radius 1 is 1.44 bits per heavy atom. The van der Waals surface area contributed by atoms with Crippen LogP contribution in [-0.4, -0.2) is 18.9 Å². The summed E-state index contributed by atoms with van der Waals surface area (Å²) >= 11 is 5.52. The molecular formula is C14H20ClNO2. The normalized spacial score (nSPS) is 11.2. The number of ether oxygens (including phenoxy) is 1. The van der Waals surface area contributed by atoms with Gasteiger partial charge in [-0.1, -0.05) is 13.0 Å². The maximum Gasteiger partial charge on any atom is 0.235 e. The first-order chi connectivity index (χ1) is 8.44. The van der Waals surface area contributed by atoms with E-state index in [1.54, 1.807) is 7.11 Å². The van der Waals surface area contributed by atoms with Crippen molar-refractivity contribution in [3.8, 4) is 5.75 Å². The van der Waals surface area contributed by atoms with Crippen LogP contribution in [0.25, 0.3) is 0 Å². The Morgan fingerprint density at radius 2 is 2.11 bits per heavy atom. The van der Waals surface area contributed by atoms with Crippen LogP contribution in [-0.2, 0) is 16.8 Å². The molecule has 1 aromatic rings. The summed E-state index contributed by atoms with van der Waals surface area (Å²) in [6.07, 6.45) is 0.885. The van der Waals surface area contributed by atoms with Crippen molar-refractivity contribution in [2.45, 2.75) is 32.7 Å². The molecule has 0 aliphatic carbocycles. The Balaban J connectivity index is 3.05. The van der Waals surface area contributed by atoms with Crippen molar-refractivity contribution >= 4 is 17.5 Å². The van der Waals surface area contributed by atoms with Gasteiger partial charge in [0, 0.05) is 0 Å². The van der Waals surface area contributed by atoms with Crippen LogP contribution in [0, 0.1) is 0 Å². The summed E-state index contributed by atoms with van der Waals surface area (Å²) in [5, 5.41) is 2.90. The number of benzene rings is 1. The number of hydrogen-bond acceptors (Lipinski definition) is 2. The van der Waals surface area contributed by atoms with Crippen molar-refractivity contribution in [2.24, 2.45) is 0 Å². The maximum absolute atomic E-state index is 11.4. The fraction of sp³-hybridized carbons (Fsp3) is 0.500. The molecule has 100 valence electrons. The third kappa shape index (κ3) is 3.39. The van der Waals surface area contributed by atoms with Gasteiger partial charge in [0.15, 0.2) is 0 Å². The van der Waals surface area contributed by atoms with E-state index >= 15 is 0 Å². The van der Waals surface area contributed by atoms with Crippen molar-refractivity contribution < 1.29 is 9.53 Å². The molecule has 1 rings (SSSR count). The lowest BCUT2D eigenvalue weighted by molar-refractivity contribution is -0.120. The standard InChI is InChI=1S/C14H20ClNO2/c1-5-10-8-11(6-7-12(10)18-4)14(2,3)16-13(17)9-15/h6-8H,5,9H2,1-4H3,(H,16,17). The number of hydrogen-bond donors (Lipinski definition) is 1. The zero-order valence-electron chi connectivity index (χ0n) is 11.3. The number of nitrogens with one attached hydrogen (secondary N) is 1. The van der Waals surface area contributed by atoms with Crippen LogP contribution in [0.1, 0.15) is 31.9 Å². The first kappa shape index (κ1) is 14.8. The Hall–Kier alpha value is -1.22. The fourth-order valence-corrected chi connectivity index (χ4v) is 1.96. The monoisotopic (exact) mass is 269 g/mol. The van der Waals surface area contributed by atoms with Crippen molar-refractivity contribution in [3.05, 3.63) is 29.3 Å². The van der Waals surface area contributed by atoms with E-state index < -0.39 is 5.54 Å². The van der Waals surface area contributed by atoms with E-state index in [0.29, 0.717) is 0 Å². The molecule has 1 aromatic carbocycles. The molecule has 18 heavy (non-hydrogen) atoms. The number of carbonyl (C=O) groups is 1. The molecule has 0 unspecified atom stereocenters. The number of aryl methyl sites for hydroxylation is 1. The Morgan fingerprint density at radius 3 is 2.61 bits per heavy atom. The van der Waals surface area contributed by atoms with Crippen LogP contribution in [0.4, 0.5) is 0 Å². The lowest BCUT2D eigenvalue weighted by Crippen LogP contribution is -2.41. The predicted octanol–water partition coefficient (Wildman–Crippen LogP) is 2.85. The second-order valence-electron chi connectivity index (χ2n) is 4.69. The van der Waals surface area contributed by atoms with Crippen LogP contribution >= 0.6 is 11.6 Å². The summed E-state index contributed by atoms with van der Waals surface area (Å²) in [5.74, 6) is 0.677. The van der Waals surface area contributed by atoms with E-state index in [1.165, 1.54) is 0 Å². The second kappa shape index (κ2) is 6.10. The number of methoxy groups -OCH3 is 1. The van der Waals surface area contributed by atoms with Gasteiger partial charge in [-0.3, -0.25) is 4.79 Å². The minimum atomic E-state index is -0.442. The molecule has 0 aliphatic rings. The summed E-state index contributed by atoms with van der Waals surface area (Å²) < 4.78 is 5.30. The van der Waals surface area contributed by atoms with Crippen molar-refractivity contribution in [1.82, 2.24) is 5.32 Å². The third-order valence-corrected chi connectivity index (χ3v) is 3.20. The molecule has 4 heteroatoms. The van der Waals surface area contributed by atoms with Gasteiger partial charge in [-0.2, -0.15) is 0 Å². The summed E-state index contributed by atoms with van der Waals surface area (Å²) in [7, 11) is 1.66. The summed E-state index contributed by atoms with van der Waals surface area (Å²) in [6.45, 7) is 5.99. The highest BCUT2D eigenvalue weighted by atomic mass is 35.5. The molecule has 1 N–H and O–H groups in total. The van der Waals surface area contributed by atoms with Gasteiger partial charge in [-0.25, -0.2) is 0 Å². The first-order valence-electron chi connectivity index (χ1n) is 5.99. The summed E-state index contributed by atoms with van der Waals surface area (Å²) in [4.78, 5) is 11.4. The molecule has 3 nitrogen and oxygen atoms in total. The van der Waals surface area contributed by atoms with E-state index in [2.05, 4.69) is 18.3 Å². The number of rotatable bonds is 5. The highest BCUT2D eigenvalue weighted by molar-refractivity contribution is 6.27. The Labute approximate surface area is 113 Å². The zero-order chi connectivity index (χ0) is 13.8. The van der Waals surface area contributed by atoms with Crippen molar-refractivity contribution in [3.63, 3.8) is 0 Å². The van der Waals surface area contributed by atoms with Crippen LogP contribution in [0.2, 0.25) is 0 Å². The minimum Gasteiger partial charge on any atom is -0.496 e. The number of amides is 1. The van der Waals surface area contributed by atoms with E-state index in [1.807, 2.05) is 26.0 Å². The van der Waals surface area contributed by atoms with Gasteiger partial charge in [-0.05, 0) is 43.5 Å². The molecule has 0 radical (unpaired) electrons. The van der Waals surface area contributed by atoms with Gasteiger partial charge in [0.05, 0.1) is 12.6 Å². The zero-order valence-corrected chi connectivity index (χ0v) is 12.1. The van der Waals surface area contributed by atoms with Gasteiger partial charge in [0.1, 0.15) is 11.6 Å². The molecule has 0 saturated heterocycles. The molecule has 0 aromatic heterocycles. The molecule has 0 fully saturated rings. The Kier molecular flexibility index (Phi) is 5.03. The summed E-state index contributed by atoms with van der Waals surface area (Å²) in [6, 6.07) is 5.96. The van der Waals surface area contributed by atoms with Crippen LogP contribution < -0.4 is 10.1 Å². The van der Waals surface area contributed by atoms with Crippen LogP contribution in [0.3, 0.4) is 0 Å². The van der Waals surface area contributed by atoms with Crippen LogP contribution in [0.5, 0.6) is 5.75 Å². The first-order valence-corrected chi connectivity index (χ1v) is 6.52. The number of alkyl halides is 1. The Bertz CT molecular complexity index is 430. The lowest BCUT2D eigenvalue weighted by atomic mass is 9.92. The molecule has 0 atom stereocenters. The minimum absolute atomic E-state index is 0.0276. The predicted molar refractivity (Wildman–Crippen MR) is 74.3 cm³/mol. The summed E-state index contributed by atoms with van der Waals surface area (Å²) in [5.41, 5.74) is 1.73. The smallest absolute Gasteiger partial charge is 0.235 e. The van der Waals surface area contributed by atoms with E-state index in [0.717, 1.165) is 23.3 Å². The second-order valence-corrected chi connectivity index (χ2v) is 4.95. The molecule has 0 heterocycles. The van der Waals surface area contributed by atoms with E-state index in [-0.39, 0.29) is 11.8 Å². The van der Waals surface area contributed by atoms with E-state index in [9.17, 15) is 4.79 Å². The van der Waals surface area contributed by atoms with Gasteiger partial charge in [0.2, 0.25) is 5.91 Å². The van der Waals surface area contributed by atoms with E-state index in [4.69, 9.17) is 16.3 Å². The average molecular weight is 270 g/mol. The molecule has 0 aliphatic heterocycles. The van der Waals surface area contributed by atoms with Gasteiger partial charge >= 0.3 is 0 Å². The highest BCUT2D eigenvalue weighted by Gasteiger charge is 2.23. The van der Waals surface area contributed by atoms with Gasteiger partial charge < -0.3 is 10.1 Å². The molecule has 1 amide bonds. The SMILES string of the molecule is CCc1cc(C(C)(C)NC(=O)CCl)ccc1OC. The topological polar surface area (TPSA) is 38.3 Å². The molecule has 0 bridgehead atoms. The fourth-order valence-electron chi connectivity index (χ4n) is 1.90. The maximum atomic E-state index is 11.4.